The number of benzene rings is 10. The summed E-state index contributed by atoms with van der Waals surface area (Å²) in [5, 5.41) is 6.52. The Balaban J connectivity index is 1.06. The van der Waals surface area contributed by atoms with Gasteiger partial charge in [-0.2, -0.15) is 0 Å². The molecule has 14 rings (SSSR count). The Morgan fingerprint density at radius 1 is 0.403 bits per heavy atom. The van der Waals surface area contributed by atoms with Crippen molar-refractivity contribution in [3.8, 4) is 51.0 Å². The Morgan fingerprint density at radius 2 is 1.00 bits per heavy atom. The summed E-state index contributed by atoms with van der Waals surface area (Å²) >= 11 is 0. The van der Waals surface area contributed by atoms with Gasteiger partial charge < -0.3 is 8.98 Å². The van der Waals surface area contributed by atoms with Gasteiger partial charge in [-0.1, -0.05) is 170 Å². The van der Waals surface area contributed by atoms with Crippen LogP contribution in [0.5, 0.6) is 0 Å². The van der Waals surface area contributed by atoms with Gasteiger partial charge in [0, 0.05) is 38.5 Å². The van der Waals surface area contributed by atoms with E-state index < -0.39 is 5.41 Å². The summed E-state index contributed by atoms with van der Waals surface area (Å²) < 4.78 is 9.01. The van der Waals surface area contributed by atoms with E-state index in [0.717, 1.165) is 99.3 Å². The van der Waals surface area contributed by atoms with Gasteiger partial charge in [-0.3, -0.25) is 0 Å². The van der Waals surface area contributed by atoms with Crippen molar-refractivity contribution in [2.45, 2.75) is 5.41 Å². The van der Waals surface area contributed by atoms with Crippen molar-refractivity contribution in [1.82, 2.24) is 24.5 Å². The van der Waals surface area contributed by atoms with Crippen molar-refractivity contribution in [2.75, 3.05) is 0 Å². The molecular weight excluding hydrogens is 819 g/mol. The highest BCUT2D eigenvalue weighted by atomic mass is 16.3. The molecule has 0 unspecified atom stereocenters. The number of oxazole rings is 1. The van der Waals surface area contributed by atoms with Crippen molar-refractivity contribution >= 4 is 54.5 Å². The van der Waals surface area contributed by atoms with E-state index in [1.54, 1.807) is 0 Å². The van der Waals surface area contributed by atoms with Crippen LogP contribution in [0.2, 0.25) is 0 Å². The monoisotopic (exact) mass is 855 g/mol. The number of para-hydroxylation sites is 2. The standard InChI is InChI=1S/C61H37N5O/c1-4-16-40(17-5-1)57-63-58(42-31-29-38-28-30-39-32-34-52-56(55(39)48(38)36-42)67-59(62-52)41-18-6-2-7-19-41)65-60(64-57)61(50-25-13-10-22-45(50)46-23-11-14-26-51(46)61)43-33-35-54-49(37-43)47-24-12-15-27-53(47)66(54)44-20-8-3-9-21-44/h1-37H. The molecule has 10 aromatic carbocycles. The average molecular weight is 856 g/mol. The Morgan fingerprint density at radius 3 is 1.76 bits per heavy atom. The maximum Gasteiger partial charge on any atom is 0.227 e. The molecule has 0 bridgehead atoms. The predicted molar refractivity (Wildman–Crippen MR) is 270 cm³/mol. The van der Waals surface area contributed by atoms with Gasteiger partial charge in [0.2, 0.25) is 5.89 Å². The second kappa shape index (κ2) is 14.5. The highest BCUT2D eigenvalue weighted by Gasteiger charge is 2.49. The first-order valence-electron chi connectivity index (χ1n) is 22.6. The molecule has 0 fully saturated rings. The van der Waals surface area contributed by atoms with Gasteiger partial charge in [0.15, 0.2) is 23.1 Å². The number of nitrogens with zero attached hydrogens (tertiary/aromatic N) is 5. The van der Waals surface area contributed by atoms with E-state index in [1.165, 1.54) is 5.39 Å². The van der Waals surface area contributed by atoms with Crippen LogP contribution < -0.4 is 0 Å². The first-order chi connectivity index (χ1) is 33.2. The van der Waals surface area contributed by atoms with E-state index in [0.29, 0.717) is 23.4 Å². The zero-order valence-electron chi connectivity index (χ0n) is 36.0. The second-order valence-electron chi connectivity index (χ2n) is 17.3. The minimum absolute atomic E-state index is 0.584. The van der Waals surface area contributed by atoms with Crippen LogP contribution in [-0.4, -0.2) is 24.5 Å². The number of rotatable bonds is 6. The van der Waals surface area contributed by atoms with Gasteiger partial charge in [0.25, 0.3) is 0 Å². The number of fused-ring (bicyclic) bond motifs is 11. The predicted octanol–water partition coefficient (Wildman–Crippen LogP) is 14.8. The molecule has 1 aliphatic rings. The van der Waals surface area contributed by atoms with Gasteiger partial charge >= 0.3 is 0 Å². The lowest BCUT2D eigenvalue weighted by atomic mass is 9.71. The molecule has 3 aromatic heterocycles. The Kier molecular flexibility index (Phi) is 8.09. The van der Waals surface area contributed by atoms with Gasteiger partial charge in [-0.05, 0) is 98.6 Å². The summed E-state index contributed by atoms with van der Waals surface area (Å²) in [4.78, 5) is 21.6. The first-order valence-corrected chi connectivity index (χ1v) is 22.6. The highest BCUT2D eigenvalue weighted by molar-refractivity contribution is 6.18. The topological polar surface area (TPSA) is 69.6 Å². The third-order valence-electron chi connectivity index (χ3n) is 13.7. The minimum Gasteiger partial charge on any atom is -0.435 e. The van der Waals surface area contributed by atoms with E-state index in [1.807, 2.05) is 54.6 Å². The van der Waals surface area contributed by atoms with Gasteiger partial charge in [0.05, 0.1) is 11.0 Å². The molecule has 3 heterocycles. The van der Waals surface area contributed by atoms with E-state index in [9.17, 15) is 0 Å². The molecule has 6 heteroatoms. The first kappa shape index (κ1) is 37.4. The third kappa shape index (κ3) is 5.57. The molecule has 312 valence electrons. The molecule has 0 radical (unpaired) electrons. The van der Waals surface area contributed by atoms with Crippen LogP contribution in [0.1, 0.15) is 22.5 Å². The van der Waals surface area contributed by atoms with Crippen LogP contribution in [0.15, 0.2) is 229 Å². The van der Waals surface area contributed by atoms with E-state index in [4.69, 9.17) is 24.4 Å². The molecule has 67 heavy (non-hydrogen) atoms. The molecular formula is C61H37N5O. The zero-order chi connectivity index (χ0) is 44.1. The van der Waals surface area contributed by atoms with Crippen molar-refractivity contribution in [2.24, 2.45) is 0 Å². The summed E-state index contributed by atoms with van der Waals surface area (Å²) in [6.45, 7) is 0. The molecule has 0 spiro atoms. The summed E-state index contributed by atoms with van der Waals surface area (Å²) in [6, 6.07) is 79.1. The van der Waals surface area contributed by atoms with E-state index in [2.05, 4.69) is 174 Å². The lowest BCUT2D eigenvalue weighted by molar-refractivity contribution is 0.623. The SMILES string of the molecule is c1ccc(-c2nc(-c3ccc4ccc5ccc6nc(-c7ccccc7)oc6c5c4c3)nc(C3(c4ccc5c(c4)c4ccccc4n5-c4ccccc4)c4ccccc4-c4ccccc43)n2)cc1. The smallest absolute Gasteiger partial charge is 0.227 e. The number of aromatic nitrogens is 5. The summed E-state index contributed by atoms with van der Waals surface area (Å²) in [5.41, 5.74) is 12.4. The van der Waals surface area contributed by atoms with Crippen molar-refractivity contribution < 1.29 is 4.42 Å². The zero-order valence-corrected chi connectivity index (χ0v) is 36.0. The van der Waals surface area contributed by atoms with Crippen LogP contribution >= 0.6 is 0 Å². The molecule has 0 saturated heterocycles. The molecule has 0 aliphatic heterocycles. The Labute approximate surface area is 385 Å². The van der Waals surface area contributed by atoms with Crippen LogP contribution in [0.25, 0.3) is 105 Å². The normalized spacial score (nSPS) is 12.9. The molecule has 13 aromatic rings. The third-order valence-corrected chi connectivity index (χ3v) is 13.7. The van der Waals surface area contributed by atoms with Crippen molar-refractivity contribution in [3.63, 3.8) is 0 Å². The molecule has 6 nitrogen and oxygen atoms in total. The Hall–Kier alpha value is -9.00. The minimum atomic E-state index is -0.915. The van der Waals surface area contributed by atoms with E-state index in [-0.39, 0.29) is 0 Å². The van der Waals surface area contributed by atoms with Crippen molar-refractivity contribution in [1.29, 1.82) is 0 Å². The number of hydrogen-bond donors (Lipinski definition) is 0. The van der Waals surface area contributed by atoms with Crippen LogP contribution in [0.4, 0.5) is 0 Å². The van der Waals surface area contributed by atoms with Gasteiger partial charge in [-0.25, -0.2) is 19.9 Å². The summed E-state index contributed by atoms with van der Waals surface area (Å²) in [5.74, 6) is 2.44. The van der Waals surface area contributed by atoms with Gasteiger partial charge in [-0.15, -0.1) is 0 Å². The fourth-order valence-corrected chi connectivity index (χ4v) is 10.7. The second-order valence-corrected chi connectivity index (χ2v) is 17.3. The summed E-state index contributed by atoms with van der Waals surface area (Å²) in [6.07, 6.45) is 0. The van der Waals surface area contributed by atoms with Crippen LogP contribution in [0.3, 0.4) is 0 Å². The fourth-order valence-electron chi connectivity index (χ4n) is 10.7. The number of hydrogen-bond acceptors (Lipinski definition) is 5. The molecule has 0 saturated carbocycles. The average Bonchev–Trinajstić information content (AvgIpc) is 4.08. The molecule has 0 amide bonds. The molecule has 0 N–H and O–H groups in total. The fraction of sp³-hybridized carbons (Fsp3) is 0.0164. The largest absolute Gasteiger partial charge is 0.435 e. The Bertz CT molecular complexity index is 4060. The maximum absolute atomic E-state index is 6.64. The van der Waals surface area contributed by atoms with Crippen LogP contribution in [0, 0.1) is 0 Å². The van der Waals surface area contributed by atoms with Crippen LogP contribution in [-0.2, 0) is 5.41 Å². The van der Waals surface area contributed by atoms with E-state index >= 15 is 0 Å². The maximum atomic E-state index is 6.64. The van der Waals surface area contributed by atoms with Gasteiger partial charge in [0.1, 0.15) is 10.9 Å². The lowest BCUT2D eigenvalue weighted by Crippen LogP contribution is -2.31. The highest BCUT2D eigenvalue weighted by Crippen LogP contribution is 2.56. The molecule has 0 atom stereocenters. The lowest BCUT2D eigenvalue weighted by Gasteiger charge is -2.32. The van der Waals surface area contributed by atoms with Crippen molar-refractivity contribution in [3.05, 3.63) is 247 Å². The molecule has 1 aliphatic carbocycles. The summed E-state index contributed by atoms with van der Waals surface area (Å²) in [7, 11) is 0. The quantitative estimate of drug-likeness (QED) is 0.156.